The van der Waals surface area contributed by atoms with E-state index in [0.29, 0.717) is 12.6 Å². The summed E-state index contributed by atoms with van der Waals surface area (Å²) in [5.74, 6) is 0. The van der Waals surface area contributed by atoms with E-state index in [1.807, 2.05) is 0 Å². The van der Waals surface area contributed by atoms with E-state index < -0.39 is 0 Å². The van der Waals surface area contributed by atoms with Crippen LogP contribution in [0.4, 0.5) is 0 Å². The fourth-order valence-corrected chi connectivity index (χ4v) is 1.50. The van der Waals surface area contributed by atoms with Crippen LogP contribution >= 0.6 is 0 Å². The van der Waals surface area contributed by atoms with Crippen molar-refractivity contribution in [3.63, 3.8) is 0 Å². The molecule has 17 heavy (non-hydrogen) atoms. The van der Waals surface area contributed by atoms with Crippen molar-refractivity contribution in [1.29, 1.82) is 0 Å². The van der Waals surface area contributed by atoms with Gasteiger partial charge in [0, 0.05) is 0 Å². The summed E-state index contributed by atoms with van der Waals surface area (Å²) >= 11 is 0. The zero-order valence-electron chi connectivity index (χ0n) is 12.3. The van der Waals surface area contributed by atoms with E-state index in [1.165, 1.54) is 0 Å². The van der Waals surface area contributed by atoms with Crippen LogP contribution in [0.25, 0.3) is 0 Å². The van der Waals surface area contributed by atoms with Crippen molar-refractivity contribution in [2.75, 3.05) is 6.61 Å². The van der Waals surface area contributed by atoms with Gasteiger partial charge in [0.05, 0.1) is 18.2 Å². The molecule has 3 heteroatoms. The molecule has 1 aromatic heterocycles. The van der Waals surface area contributed by atoms with Crippen LogP contribution in [0.1, 0.15) is 54.5 Å². The lowest BCUT2D eigenvalue weighted by atomic mass is 10.1. The van der Waals surface area contributed by atoms with Gasteiger partial charge in [-0.1, -0.05) is 0 Å². The van der Waals surface area contributed by atoms with Gasteiger partial charge in [-0.05, 0) is 48.5 Å². The molecule has 0 aliphatic rings. The largest absolute Gasteiger partial charge is 0.371 e. The van der Waals surface area contributed by atoms with Crippen molar-refractivity contribution in [2.24, 2.45) is 0 Å². The molecule has 0 aliphatic carbocycles. The third-order valence-corrected chi connectivity index (χ3v) is 2.81. The third kappa shape index (κ3) is 4.15. The molecule has 98 valence electrons. The highest BCUT2D eigenvalue weighted by Gasteiger charge is 2.28. The van der Waals surface area contributed by atoms with E-state index in [1.54, 1.807) is 0 Å². The molecule has 0 bridgehead atoms. The van der Waals surface area contributed by atoms with Gasteiger partial charge in [0.15, 0.2) is 0 Å². The first-order chi connectivity index (χ1) is 7.62. The number of hydrogen-bond acceptors (Lipinski definition) is 1. The van der Waals surface area contributed by atoms with Gasteiger partial charge < -0.3 is 4.74 Å². The molecule has 0 spiro atoms. The Morgan fingerprint density at radius 1 is 1.18 bits per heavy atom. The monoisotopic (exact) mass is 239 g/mol. The number of imidazole rings is 1. The quantitative estimate of drug-likeness (QED) is 0.739. The van der Waals surface area contributed by atoms with Crippen molar-refractivity contribution >= 4 is 0 Å². The summed E-state index contributed by atoms with van der Waals surface area (Å²) in [6.45, 7) is 15.7. The molecular weight excluding hydrogens is 212 g/mol. The summed E-state index contributed by atoms with van der Waals surface area (Å²) in [6, 6.07) is 0.496. The number of nitrogens with zero attached hydrogens (tertiary/aromatic N) is 2. The van der Waals surface area contributed by atoms with Gasteiger partial charge in [-0.15, -0.1) is 0 Å². The molecule has 1 heterocycles. The van der Waals surface area contributed by atoms with Crippen molar-refractivity contribution in [3.05, 3.63) is 18.7 Å². The Balaban J connectivity index is 2.75. The van der Waals surface area contributed by atoms with Crippen LogP contribution in [-0.2, 0) is 10.3 Å². The molecule has 0 aliphatic heterocycles. The molecule has 1 rings (SSSR count). The van der Waals surface area contributed by atoms with Crippen LogP contribution in [0.3, 0.4) is 0 Å². The first-order valence-electron chi connectivity index (χ1n) is 6.35. The lowest BCUT2D eigenvalue weighted by Crippen LogP contribution is -2.38. The van der Waals surface area contributed by atoms with Crippen molar-refractivity contribution in [2.45, 2.75) is 65.6 Å². The lowest BCUT2D eigenvalue weighted by Gasteiger charge is -2.27. The SMILES string of the molecule is CC(C)[n+]1ccn(C(C)(C)COC(C)(C)C)c1. The van der Waals surface area contributed by atoms with Crippen molar-refractivity contribution < 1.29 is 9.30 Å². The smallest absolute Gasteiger partial charge is 0.244 e. The maximum absolute atomic E-state index is 5.89. The van der Waals surface area contributed by atoms with Crippen LogP contribution in [0, 0.1) is 0 Å². The molecule has 0 saturated heterocycles. The minimum Gasteiger partial charge on any atom is -0.371 e. The maximum Gasteiger partial charge on any atom is 0.244 e. The van der Waals surface area contributed by atoms with E-state index in [2.05, 4.69) is 76.3 Å². The molecule has 0 saturated carbocycles. The topological polar surface area (TPSA) is 18.0 Å². The Hall–Kier alpha value is -0.830. The zero-order chi connectivity index (χ0) is 13.3. The molecule has 0 fully saturated rings. The average molecular weight is 239 g/mol. The summed E-state index contributed by atoms with van der Waals surface area (Å²) in [6.07, 6.45) is 6.38. The highest BCUT2D eigenvalue weighted by Crippen LogP contribution is 2.18. The van der Waals surface area contributed by atoms with Gasteiger partial charge in [-0.3, -0.25) is 0 Å². The highest BCUT2D eigenvalue weighted by molar-refractivity contribution is 4.83. The zero-order valence-corrected chi connectivity index (χ0v) is 12.3. The standard InChI is InChI=1S/C14H27N2O/c1-12(2)15-8-9-16(11-15)14(6,7)10-17-13(3,4)5/h8-9,11-12H,10H2,1-7H3/q+1. The fraction of sp³-hybridized carbons (Fsp3) is 0.786. The summed E-state index contributed by atoms with van der Waals surface area (Å²) in [5.41, 5.74) is -0.105. The third-order valence-electron chi connectivity index (χ3n) is 2.81. The van der Waals surface area contributed by atoms with Gasteiger partial charge in [-0.25, -0.2) is 9.13 Å². The van der Waals surface area contributed by atoms with Crippen LogP contribution in [0.15, 0.2) is 18.7 Å². The van der Waals surface area contributed by atoms with Crippen LogP contribution in [0.5, 0.6) is 0 Å². The highest BCUT2D eigenvalue weighted by atomic mass is 16.5. The molecule has 0 aromatic carbocycles. The van der Waals surface area contributed by atoms with Gasteiger partial charge in [0.1, 0.15) is 17.9 Å². The predicted octanol–water partition coefficient (Wildman–Crippen LogP) is 2.91. The molecule has 0 amide bonds. The van der Waals surface area contributed by atoms with Gasteiger partial charge in [0.25, 0.3) is 0 Å². The second kappa shape index (κ2) is 4.81. The summed E-state index contributed by atoms with van der Waals surface area (Å²) in [4.78, 5) is 0. The van der Waals surface area contributed by atoms with E-state index in [-0.39, 0.29) is 11.1 Å². The van der Waals surface area contributed by atoms with Crippen LogP contribution < -0.4 is 4.57 Å². The number of ether oxygens (including phenoxy) is 1. The lowest BCUT2D eigenvalue weighted by molar-refractivity contribution is -0.716. The summed E-state index contributed by atoms with van der Waals surface area (Å²) < 4.78 is 10.3. The van der Waals surface area contributed by atoms with E-state index in [4.69, 9.17) is 4.74 Å². The van der Waals surface area contributed by atoms with Crippen molar-refractivity contribution in [3.8, 4) is 0 Å². The fourth-order valence-electron chi connectivity index (χ4n) is 1.50. The van der Waals surface area contributed by atoms with E-state index >= 15 is 0 Å². The molecule has 0 unspecified atom stereocenters. The van der Waals surface area contributed by atoms with E-state index in [9.17, 15) is 0 Å². The summed E-state index contributed by atoms with van der Waals surface area (Å²) in [7, 11) is 0. The summed E-state index contributed by atoms with van der Waals surface area (Å²) in [5, 5.41) is 0. The Labute approximate surface area is 105 Å². The van der Waals surface area contributed by atoms with Crippen molar-refractivity contribution in [1.82, 2.24) is 4.57 Å². The normalized spacial score (nSPS) is 13.4. The molecule has 0 N–H and O–H groups in total. The Kier molecular flexibility index (Phi) is 4.03. The Morgan fingerprint density at radius 3 is 2.18 bits per heavy atom. The van der Waals surface area contributed by atoms with Crippen LogP contribution in [-0.4, -0.2) is 16.8 Å². The Bertz CT molecular complexity index is 359. The number of aromatic nitrogens is 2. The second-order valence-electron chi connectivity index (χ2n) is 6.58. The van der Waals surface area contributed by atoms with Crippen LogP contribution in [0.2, 0.25) is 0 Å². The maximum atomic E-state index is 5.89. The minimum atomic E-state index is -0.0849. The molecule has 0 atom stereocenters. The molecular formula is C14H27N2O+. The predicted molar refractivity (Wildman–Crippen MR) is 70.0 cm³/mol. The van der Waals surface area contributed by atoms with E-state index in [0.717, 1.165) is 0 Å². The Morgan fingerprint density at radius 2 is 1.76 bits per heavy atom. The minimum absolute atomic E-state index is 0.0204. The second-order valence-corrected chi connectivity index (χ2v) is 6.58. The average Bonchev–Trinajstić information content (AvgIpc) is 2.63. The van der Waals surface area contributed by atoms with Gasteiger partial charge in [0.2, 0.25) is 6.33 Å². The number of hydrogen-bond donors (Lipinski definition) is 0. The first-order valence-corrected chi connectivity index (χ1v) is 6.35. The van der Waals surface area contributed by atoms with Gasteiger partial charge in [-0.2, -0.15) is 0 Å². The van der Waals surface area contributed by atoms with Gasteiger partial charge >= 0.3 is 0 Å². The molecule has 1 aromatic rings. The molecule has 0 radical (unpaired) electrons. The number of rotatable bonds is 4. The molecule has 3 nitrogen and oxygen atoms in total. The first kappa shape index (κ1) is 14.2.